The third-order valence-corrected chi connectivity index (χ3v) is 7.61. The molecule has 0 radical (unpaired) electrons. The first-order valence-electron chi connectivity index (χ1n) is 10.6. The summed E-state index contributed by atoms with van der Waals surface area (Å²) >= 11 is 0. The van der Waals surface area contributed by atoms with Gasteiger partial charge in [0.1, 0.15) is 10.7 Å². The molecule has 1 atom stereocenters. The quantitative estimate of drug-likeness (QED) is 0.528. The lowest BCUT2D eigenvalue weighted by molar-refractivity contribution is 0.260. The van der Waals surface area contributed by atoms with Gasteiger partial charge in [0.25, 0.3) is 0 Å². The van der Waals surface area contributed by atoms with Crippen LogP contribution >= 0.6 is 0 Å². The van der Waals surface area contributed by atoms with Crippen LogP contribution in [-0.2, 0) is 42.1 Å². The molecule has 32 heavy (non-hydrogen) atoms. The Bertz CT molecular complexity index is 1210. The molecule has 0 heterocycles. The summed E-state index contributed by atoms with van der Waals surface area (Å²) in [5.41, 5.74) is 6.11. The minimum absolute atomic E-state index is 0.319. The standard InChI is InChI=1S/C23H26FN5O2S/c1-29(2)13-15-9-10-21(20(24)11-15)32(31,26-14-25)28-23(30)27-22-18-7-3-5-16(18)12-17-6-4-8-19(17)22/h9-12H,3-8,13H2,1-2H3,(H2,26,27,28,30,31)/t32-/m0/s1. The van der Waals surface area contributed by atoms with Crippen molar-refractivity contribution >= 4 is 21.6 Å². The molecule has 168 valence electrons. The number of carbonyl (C=O) groups excluding carboxylic acids is 1. The fraction of sp³-hybridized carbons (Fsp3) is 0.391. The maximum Gasteiger partial charge on any atom is 0.355 e. The van der Waals surface area contributed by atoms with Gasteiger partial charge in [0.05, 0.1) is 0 Å². The van der Waals surface area contributed by atoms with Gasteiger partial charge < -0.3 is 10.2 Å². The van der Waals surface area contributed by atoms with E-state index in [1.807, 2.05) is 19.0 Å². The van der Waals surface area contributed by atoms with Crippen molar-refractivity contribution in [3.63, 3.8) is 0 Å². The molecule has 0 unspecified atom stereocenters. The lowest BCUT2D eigenvalue weighted by atomic mass is 9.99. The molecule has 2 aromatic carbocycles. The van der Waals surface area contributed by atoms with Crippen LogP contribution in [0.3, 0.4) is 0 Å². The van der Waals surface area contributed by atoms with Crippen molar-refractivity contribution in [3.8, 4) is 6.19 Å². The number of aryl methyl sites for hydroxylation is 2. The van der Waals surface area contributed by atoms with Crippen molar-refractivity contribution in [2.24, 2.45) is 4.36 Å². The number of amides is 2. The number of hydrogen-bond donors (Lipinski definition) is 2. The van der Waals surface area contributed by atoms with Gasteiger partial charge in [-0.2, -0.15) is 5.26 Å². The van der Waals surface area contributed by atoms with Gasteiger partial charge >= 0.3 is 6.03 Å². The van der Waals surface area contributed by atoms with E-state index in [1.165, 1.54) is 23.3 Å². The van der Waals surface area contributed by atoms with Crippen LogP contribution in [0.4, 0.5) is 14.9 Å². The molecule has 0 saturated heterocycles. The summed E-state index contributed by atoms with van der Waals surface area (Å²) in [6.45, 7) is 0.492. The largest absolute Gasteiger partial charge is 0.355 e. The summed E-state index contributed by atoms with van der Waals surface area (Å²) in [7, 11) is -0.128. The van der Waals surface area contributed by atoms with E-state index in [4.69, 9.17) is 5.26 Å². The van der Waals surface area contributed by atoms with E-state index < -0.39 is 21.8 Å². The van der Waals surface area contributed by atoms with E-state index in [2.05, 4.69) is 20.5 Å². The number of urea groups is 1. The highest BCUT2D eigenvalue weighted by atomic mass is 32.2. The molecule has 9 heteroatoms. The molecule has 0 spiro atoms. The Kier molecular flexibility index (Phi) is 6.17. The van der Waals surface area contributed by atoms with Crippen molar-refractivity contribution in [2.75, 3.05) is 19.4 Å². The SMILES string of the molecule is CN(C)Cc1ccc([S@@](=O)(=NC(=O)Nc2c3c(cc4c2CCC4)CCC3)NC#N)c(F)c1. The summed E-state index contributed by atoms with van der Waals surface area (Å²) in [5.74, 6) is -0.782. The number of fused-ring (bicyclic) bond motifs is 2. The Morgan fingerprint density at radius 1 is 1.16 bits per heavy atom. The minimum Gasteiger partial charge on any atom is -0.305 e. The molecule has 0 saturated carbocycles. The Labute approximate surface area is 187 Å². The molecule has 2 amide bonds. The minimum atomic E-state index is -3.83. The fourth-order valence-electron chi connectivity index (χ4n) is 4.63. The van der Waals surface area contributed by atoms with Crippen LogP contribution in [0, 0.1) is 17.3 Å². The lowest BCUT2D eigenvalue weighted by Gasteiger charge is -2.16. The van der Waals surface area contributed by atoms with Crippen LogP contribution in [0.2, 0.25) is 0 Å². The number of benzene rings is 2. The number of hydrogen-bond acceptors (Lipinski definition) is 4. The van der Waals surface area contributed by atoms with Crippen LogP contribution in [0.1, 0.15) is 40.7 Å². The third-order valence-electron chi connectivity index (χ3n) is 5.89. The van der Waals surface area contributed by atoms with Crippen molar-refractivity contribution < 1.29 is 13.4 Å². The number of anilines is 1. The summed E-state index contributed by atoms with van der Waals surface area (Å²) in [4.78, 5) is 14.4. The number of nitrogens with one attached hydrogen (secondary N) is 2. The number of nitrogens with zero attached hydrogens (tertiary/aromatic N) is 3. The maximum atomic E-state index is 14.8. The first-order chi connectivity index (χ1) is 15.3. The topological polar surface area (TPSA) is 97.6 Å². The summed E-state index contributed by atoms with van der Waals surface area (Å²) in [5, 5.41) is 11.9. The smallest absolute Gasteiger partial charge is 0.305 e. The van der Waals surface area contributed by atoms with Crippen LogP contribution in [-0.4, -0.2) is 29.2 Å². The molecule has 2 N–H and O–H groups in total. The van der Waals surface area contributed by atoms with E-state index in [0.29, 0.717) is 12.1 Å². The Morgan fingerprint density at radius 2 is 1.81 bits per heavy atom. The van der Waals surface area contributed by atoms with Gasteiger partial charge in [0, 0.05) is 12.2 Å². The first kappa shape index (κ1) is 22.2. The molecule has 2 aliphatic rings. The monoisotopic (exact) mass is 455 g/mol. The summed E-state index contributed by atoms with van der Waals surface area (Å²) in [6, 6.07) is 5.56. The van der Waals surface area contributed by atoms with Crippen molar-refractivity contribution in [3.05, 3.63) is 57.9 Å². The number of rotatable bonds is 5. The van der Waals surface area contributed by atoms with Gasteiger partial charge in [0.2, 0.25) is 0 Å². The van der Waals surface area contributed by atoms with Gasteiger partial charge in [-0.3, -0.25) is 0 Å². The molecule has 4 rings (SSSR count). The Hall–Kier alpha value is -2.96. The second kappa shape index (κ2) is 8.88. The summed E-state index contributed by atoms with van der Waals surface area (Å²) < 4.78 is 34.0. The normalized spacial score (nSPS) is 16.1. The Morgan fingerprint density at radius 3 is 2.38 bits per heavy atom. The van der Waals surface area contributed by atoms with Crippen LogP contribution in [0.25, 0.3) is 0 Å². The second-order valence-corrected chi connectivity index (χ2v) is 10.4. The van der Waals surface area contributed by atoms with Crippen molar-refractivity contribution in [1.82, 2.24) is 9.62 Å². The number of halogens is 1. The highest BCUT2D eigenvalue weighted by molar-refractivity contribution is 7.92. The molecule has 0 aliphatic heterocycles. The van der Waals surface area contributed by atoms with Gasteiger partial charge in [-0.15, -0.1) is 4.36 Å². The maximum absolute atomic E-state index is 14.8. The van der Waals surface area contributed by atoms with Crippen molar-refractivity contribution in [2.45, 2.75) is 50.0 Å². The molecule has 2 aromatic rings. The zero-order valence-electron chi connectivity index (χ0n) is 18.2. The van der Waals surface area contributed by atoms with Crippen LogP contribution in [0.5, 0.6) is 0 Å². The van der Waals surface area contributed by atoms with E-state index >= 15 is 0 Å². The summed E-state index contributed by atoms with van der Waals surface area (Å²) in [6.07, 6.45) is 7.28. The molecule has 0 fully saturated rings. The fourth-order valence-corrected chi connectivity index (χ4v) is 5.87. The molecular weight excluding hydrogens is 429 g/mol. The Balaban J connectivity index is 1.70. The zero-order valence-corrected chi connectivity index (χ0v) is 19.0. The first-order valence-corrected chi connectivity index (χ1v) is 12.2. The van der Waals surface area contributed by atoms with Gasteiger partial charge in [-0.1, -0.05) is 12.1 Å². The number of carbonyl (C=O) groups is 1. The van der Waals surface area contributed by atoms with E-state index in [1.54, 1.807) is 12.3 Å². The zero-order chi connectivity index (χ0) is 22.9. The van der Waals surface area contributed by atoms with E-state index in [0.717, 1.165) is 55.3 Å². The van der Waals surface area contributed by atoms with E-state index in [-0.39, 0.29) is 4.90 Å². The average molecular weight is 456 g/mol. The average Bonchev–Trinajstić information content (AvgIpc) is 3.36. The van der Waals surface area contributed by atoms with Gasteiger partial charge in [-0.25, -0.2) is 18.1 Å². The molecule has 2 aliphatic carbocycles. The van der Waals surface area contributed by atoms with Gasteiger partial charge in [0.15, 0.2) is 16.1 Å². The van der Waals surface area contributed by atoms with Crippen LogP contribution in [0.15, 0.2) is 33.5 Å². The molecule has 7 nitrogen and oxygen atoms in total. The highest BCUT2D eigenvalue weighted by Crippen LogP contribution is 2.38. The molecule has 0 aromatic heterocycles. The highest BCUT2D eigenvalue weighted by Gasteiger charge is 2.26. The predicted molar refractivity (Wildman–Crippen MR) is 121 cm³/mol. The lowest BCUT2D eigenvalue weighted by Crippen LogP contribution is -2.23. The molecular formula is C23H26FN5O2S. The van der Waals surface area contributed by atoms with Gasteiger partial charge in [-0.05, 0) is 92.6 Å². The predicted octanol–water partition coefficient (Wildman–Crippen LogP) is 3.91. The van der Waals surface area contributed by atoms with Crippen LogP contribution < -0.4 is 10.0 Å². The second-order valence-electron chi connectivity index (χ2n) is 8.50. The third kappa shape index (κ3) is 4.33. The van der Waals surface area contributed by atoms with E-state index in [9.17, 15) is 13.4 Å². The molecule has 0 bridgehead atoms. The van der Waals surface area contributed by atoms with Crippen molar-refractivity contribution in [1.29, 1.82) is 5.26 Å². The number of nitriles is 1.